The number of aromatic nitrogens is 2. The second-order valence-corrected chi connectivity index (χ2v) is 11.9. The molecule has 1 unspecified atom stereocenters. The molecular weight excluding hydrogens is 472 g/mol. The first kappa shape index (κ1) is 24.0. The molecule has 2 N–H and O–H groups in total. The lowest BCUT2D eigenvalue weighted by Gasteiger charge is -2.16. The number of aryl methyl sites for hydroxylation is 1. The molecule has 1 atom stereocenters. The fraction of sp³-hybridized carbons (Fsp3) is 0.250. The summed E-state index contributed by atoms with van der Waals surface area (Å²) in [6, 6.07) is 12.4. The molecule has 0 saturated heterocycles. The van der Waals surface area contributed by atoms with Crippen molar-refractivity contribution < 1.29 is 21.6 Å². The third-order valence-corrected chi connectivity index (χ3v) is 8.47. The molecular formula is C20H22N4O5S3. The Morgan fingerprint density at radius 1 is 1.03 bits per heavy atom. The molecule has 0 saturated carbocycles. The second kappa shape index (κ2) is 9.45. The summed E-state index contributed by atoms with van der Waals surface area (Å²) in [5.74, 6) is -0.409. The van der Waals surface area contributed by atoms with Gasteiger partial charge in [-0.2, -0.15) is 0 Å². The summed E-state index contributed by atoms with van der Waals surface area (Å²) in [7, 11) is -7.37. The average molecular weight is 495 g/mol. The van der Waals surface area contributed by atoms with Crippen LogP contribution in [0.25, 0.3) is 0 Å². The lowest BCUT2D eigenvalue weighted by Crippen LogP contribution is -2.28. The van der Waals surface area contributed by atoms with E-state index in [1.165, 1.54) is 12.1 Å². The number of sulfone groups is 1. The Morgan fingerprint density at radius 3 is 2.28 bits per heavy atom. The molecule has 170 valence electrons. The number of carbonyl (C=O) groups is 1. The van der Waals surface area contributed by atoms with Crippen LogP contribution in [0.1, 0.15) is 40.9 Å². The zero-order valence-corrected chi connectivity index (χ0v) is 20.0. The number of rotatable bonds is 8. The predicted molar refractivity (Wildman–Crippen MR) is 122 cm³/mol. The minimum absolute atomic E-state index is 0.0594. The van der Waals surface area contributed by atoms with E-state index < -0.39 is 31.8 Å². The summed E-state index contributed by atoms with van der Waals surface area (Å²) in [5.41, 5.74) is 1.84. The Labute approximate surface area is 190 Å². The maximum Gasteiger partial charge on any atom is 0.270 e. The summed E-state index contributed by atoms with van der Waals surface area (Å²) in [4.78, 5) is 12.6. The Bertz CT molecular complexity index is 1330. The van der Waals surface area contributed by atoms with E-state index in [-0.39, 0.29) is 14.4 Å². The molecule has 0 aliphatic carbocycles. The van der Waals surface area contributed by atoms with Crippen molar-refractivity contribution in [2.45, 2.75) is 35.5 Å². The molecule has 1 heterocycles. The number of sulfonamides is 1. The van der Waals surface area contributed by atoms with E-state index in [1.807, 2.05) is 6.07 Å². The number of amides is 1. The van der Waals surface area contributed by atoms with Gasteiger partial charge in [0.25, 0.3) is 15.9 Å². The summed E-state index contributed by atoms with van der Waals surface area (Å²) in [6.45, 7) is 3.59. The topological polar surface area (TPSA) is 135 Å². The minimum Gasteiger partial charge on any atom is -0.296 e. The van der Waals surface area contributed by atoms with E-state index in [9.17, 15) is 21.6 Å². The Kier molecular flexibility index (Phi) is 7.08. The molecule has 0 aliphatic heterocycles. The molecule has 2 aromatic carbocycles. The van der Waals surface area contributed by atoms with Gasteiger partial charge in [-0.3, -0.25) is 10.1 Å². The predicted octanol–water partition coefficient (Wildman–Crippen LogP) is 2.93. The minimum atomic E-state index is -4.02. The van der Waals surface area contributed by atoms with E-state index in [4.69, 9.17) is 0 Å². The monoisotopic (exact) mass is 494 g/mol. The maximum atomic E-state index is 12.8. The van der Waals surface area contributed by atoms with Gasteiger partial charge >= 0.3 is 0 Å². The quantitative estimate of drug-likeness (QED) is 0.460. The third-order valence-electron chi connectivity index (χ3n) is 4.66. The first-order valence-corrected chi connectivity index (χ1v) is 13.7. The highest BCUT2D eigenvalue weighted by Gasteiger charge is 2.25. The van der Waals surface area contributed by atoms with Crippen LogP contribution in [0.5, 0.6) is 0 Å². The highest BCUT2D eigenvalue weighted by atomic mass is 32.2. The van der Waals surface area contributed by atoms with Gasteiger partial charge in [-0.25, -0.2) is 21.6 Å². The van der Waals surface area contributed by atoms with Gasteiger partial charge in [0.05, 0.1) is 4.90 Å². The largest absolute Gasteiger partial charge is 0.296 e. The van der Waals surface area contributed by atoms with Crippen molar-refractivity contribution in [2.24, 2.45) is 0 Å². The number of anilines is 1. The van der Waals surface area contributed by atoms with Gasteiger partial charge in [-0.05, 0) is 42.7 Å². The van der Waals surface area contributed by atoms with Crippen LogP contribution < -0.4 is 10.0 Å². The summed E-state index contributed by atoms with van der Waals surface area (Å²) < 4.78 is 51.2. The fourth-order valence-corrected chi connectivity index (χ4v) is 5.78. The molecule has 12 heteroatoms. The van der Waals surface area contributed by atoms with Crippen LogP contribution in [-0.4, -0.2) is 39.2 Å². The van der Waals surface area contributed by atoms with E-state index in [0.717, 1.165) is 23.2 Å². The first-order chi connectivity index (χ1) is 15.0. The molecule has 32 heavy (non-hydrogen) atoms. The van der Waals surface area contributed by atoms with Crippen LogP contribution in [0.3, 0.4) is 0 Å². The van der Waals surface area contributed by atoms with Gasteiger partial charge in [0.2, 0.25) is 9.47 Å². The van der Waals surface area contributed by atoms with Crippen LogP contribution in [0, 0.1) is 6.92 Å². The molecule has 0 fully saturated rings. The molecule has 9 nitrogen and oxygen atoms in total. The molecule has 3 rings (SSSR count). The smallest absolute Gasteiger partial charge is 0.270 e. The standard InChI is InChI=1S/C20H22N4O5S3/c1-4-17(14-9-11-15(12-10-14)31(3,26)27)24-32(28,29)20-23-22-19(30-20)21-18(25)16-8-6-5-7-13(16)2/h5-12,17,24H,4H2,1-3H3,(H,21,22,25). The first-order valence-electron chi connectivity index (χ1n) is 9.54. The zero-order valence-electron chi connectivity index (χ0n) is 17.6. The molecule has 1 aromatic heterocycles. The summed E-state index contributed by atoms with van der Waals surface area (Å²) in [6.07, 6.45) is 1.53. The van der Waals surface area contributed by atoms with Crippen LogP contribution in [0.2, 0.25) is 0 Å². The van der Waals surface area contributed by atoms with Crippen molar-refractivity contribution in [3.05, 3.63) is 65.2 Å². The number of hydrogen-bond donors (Lipinski definition) is 2. The van der Waals surface area contributed by atoms with Crippen molar-refractivity contribution >= 4 is 42.2 Å². The highest BCUT2D eigenvalue weighted by Crippen LogP contribution is 2.25. The highest BCUT2D eigenvalue weighted by molar-refractivity contribution is 7.91. The van der Waals surface area contributed by atoms with Crippen molar-refractivity contribution in [2.75, 3.05) is 11.6 Å². The Hall–Kier alpha value is -2.67. The van der Waals surface area contributed by atoms with Gasteiger partial charge < -0.3 is 0 Å². The Morgan fingerprint density at radius 2 is 1.69 bits per heavy atom. The number of hydrogen-bond acceptors (Lipinski definition) is 8. The zero-order chi connectivity index (χ0) is 23.5. The van der Waals surface area contributed by atoms with Gasteiger partial charge in [-0.15, -0.1) is 10.2 Å². The summed E-state index contributed by atoms with van der Waals surface area (Å²) in [5, 5.41) is 10.1. The van der Waals surface area contributed by atoms with E-state index in [0.29, 0.717) is 17.5 Å². The van der Waals surface area contributed by atoms with Crippen molar-refractivity contribution in [3.63, 3.8) is 0 Å². The van der Waals surface area contributed by atoms with Crippen molar-refractivity contribution in [3.8, 4) is 0 Å². The van der Waals surface area contributed by atoms with Gasteiger partial charge in [-0.1, -0.05) is 48.6 Å². The van der Waals surface area contributed by atoms with E-state index in [2.05, 4.69) is 20.2 Å². The second-order valence-electron chi connectivity index (χ2n) is 7.07. The van der Waals surface area contributed by atoms with Crippen LogP contribution in [0.15, 0.2) is 57.8 Å². The SMILES string of the molecule is CCC(NS(=O)(=O)c1nnc(NC(=O)c2ccccc2C)s1)c1ccc(S(C)(=O)=O)cc1. The molecule has 0 spiro atoms. The van der Waals surface area contributed by atoms with Crippen molar-refractivity contribution in [1.82, 2.24) is 14.9 Å². The number of benzene rings is 2. The molecule has 3 aromatic rings. The van der Waals surface area contributed by atoms with Gasteiger partial charge in [0, 0.05) is 17.9 Å². The van der Waals surface area contributed by atoms with Gasteiger partial charge in [0.1, 0.15) is 0 Å². The fourth-order valence-electron chi connectivity index (χ4n) is 2.93. The van der Waals surface area contributed by atoms with Crippen LogP contribution >= 0.6 is 11.3 Å². The molecule has 0 radical (unpaired) electrons. The van der Waals surface area contributed by atoms with Crippen LogP contribution in [-0.2, 0) is 19.9 Å². The van der Waals surface area contributed by atoms with E-state index in [1.54, 1.807) is 44.2 Å². The summed E-state index contributed by atoms with van der Waals surface area (Å²) >= 11 is 0.738. The number of nitrogens with zero attached hydrogens (tertiary/aromatic N) is 2. The van der Waals surface area contributed by atoms with Crippen molar-refractivity contribution in [1.29, 1.82) is 0 Å². The Balaban J connectivity index is 1.76. The normalized spacial score (nSPS) is 13.0. The maximum absolute atomic E-state index is 12.8. The number of carbonyl (C=O) groups excluding carboxylic acids is 1. The lowest BCUT2D eigenvalue weighted by molar-refractivity contribution is 0.102. The molecule has 1 amide bonds. The molecule has 0 bridgehead atoms. The molecule has 0 aliphatic rings. The van der Waals surface area contributed by atoms with Gasteiger partial charge in [0.15, 0.2) is 9.84 Å². The third kappa shape index (κ3) is 5.57. The lowest BCUT2D eigenvalue weighted by atomic mass is 10.1. The van der Waals surface area contributed by atoms with E-state index >= 15 is 0 Å². The average Bonchev–Trinajstić information content (AvgIpc) is 3.21. The number of nitrogens with one attached hydrogen (secondary N) is 2. The van der Waals surface area contributed by atoms with Crippen LogP contribution in [0.4, 0.5) is 5.13 Å².